The minimum atomic E-state index is -0.686. The largest absolute Gasteiger partial charge is 0.493 e. The summed E-state index contributed by atoms with van der Waals surface area (Å²) in [5.74, 6) is 2.50. The third-order valence-electron chi connectivity index (χ3n) is 9.08. The second-order valence-corrected chi connectivity index (χ2v) is 9.80. The van der Waals surface area contributed by atoms with Gasteiger partial charge in [-0.3, -0.25) is 4.79 Å². The van der Waals surface area contributed by atoms with Crippen LogP contribution in [0.5, 0.6) is 11.5 Å². The van der Waals surface area contributed by atoms with Crippen molar-refractivity contribution in [2.75, 3.05) is 14.2 Å². The summed E-state index contributed by atoms with van der Waals surface area (Å²) in [6.07, 6.45) is 11.5. The van der Waals surface area contributed by atoms with E-state index in [2.05, 4.69) is 31.2 Å². The molecule has 5 aliphatic carbocycles. The normalized spacial score (nSPS) is 42.4. The van der Waals surface area contributed by atoms with E-state index in [1.165, 1.54) is 24.0 Å². The maximum atomic E-state index is 13.3. The fourth-order valence-electron chi connectivity index (χ4n) is 8.10. The first-order valence-electron chi connectivity index (χ1n) is 11.2. The lowest BCUT2D eigenvalue weighted by atomic mass is 9.34. The van der Waals surface area contributed by atoms with E-state index in [0.29, 0.717) is 18.1 Å². The van der Waals surface area contributed by atoms with Crippen molar-refractivity contribution in [3.8, 4) is 11.5 Å². The standard InChI is InChI=1S/C25H30O4/c1-4-6-18(26)17-14-23-11-12-25(17,28-3)22-24(23)10-5-7-16(23)13-15-8-9-19(27-2)21(29-22)20(15)24/h8-9,11-12,16-17,22H,4-7,10,13-14H2,1-3H3/t16-,17-,22-,23-,24+,25-/m1/s1. The Morgan fingerprint density at radius 2 is 2.14 bits per heavy atom. The number of ketones is 1. The van der Waals surface area contributed by atoms with Gasteiger partial charge in [-0.15, -0.1) is 0 Å². The molecule has 0 N–H and O–H groups in total. The Morgan fingerprint density at radius 3 is 2.90 bits per heavy atom. The van der Waals surface area contributed by atoms with E-state index in [9.17, 15) is 4.79 Å². The monoisotopic (exact) mass is 394 g/mol. The summed E-state index contributed by atoms with van der Waals surface area (Å²) in [6.45, 7) is 2.09. The van der Waals surface area contributed by atoms with Crippen molar-refractivity contribution in [3.63, 3.8) is 0 Å². The van der Waals surface area contributed by atoms with Crippen LogP contribution in [0.15, 0.2) is 24.3 Å². The zero-order valence-corrected chi connectivity index (χ0v) is 17.6. The molecule has 1 aromatic carbocycles. The highest BCUT2D eigenvalue weighted by atomic mass is 16.6. The summed E-state index contributed by atoms with van der Waals surface area (Å²) in [6, 6.07) is 4.31. The number of hydrogen-bond acceptors (Lipinski definition) is 4. The molecule has 2 saturated carbocycles. The number of Topliss-reactive ketones (excluding diaryl/α,β-unsaturated/α-hetero) is 1. The van der Waals surface area contributed by atoms with Crippen LogP contribution in [-0.4, -0.2) is 31.7 Å². The maximum absolute atomic E-state index is 13.3. The lowest BCUT2D eigenvalue weighted by Crippen LogP contribution is -2.75. The zero-order valence-electron chi connectivity index (χ0n) is 17.6. The number of hydrogen-bond donors (Lipinski definition) is 0. The second-order valence-electron chi connectivity index (χ2n) is 9.80. The summed E-state index contributed by atoms with van der Waals surface area (Å²) in [5, 5.41) is 0. The molecule has 0 radical (unpaired) electrons. The highest BCUT2D eigenvalue weighted by Crippen LogP contribution is 2.76. The number of fused-ring (bicyclic) bond motifs is 1. The molecule has 0 unspecified atom stereocenters. The number of rotatable bonds is 5. The molecular formula is C25H30O4. The molecule has 4 heteroatoms. The lowest BCUT2D eigenvalue weighted by molar-refractivity contribution is -0.208. The number of ether oxygens (including phenoxy) is 3. The molecule has 0 amide bonds. The molecule has 4 nitrogen and oxygen atoms in total. The molecule has 6 aliphatic rings. The third kappa shape index (κ3) is 1.76. The summed E-state index contributed by atoms with van der Waals surface area (Å²) < 4.78 is 18.8. The van der Waals surface area contributed by atoms with Crippen LogP contribution in [0.3, 0.4) is 0 Å². The molecule has 0 aromatic heterocycles. The molecule has 1 aliphatic heterocycles. The van der Waals surface area contributed by atoms with Crippen molar-refractivity contribution in [3.05, 3.63) is 35.4 Å². The van der Waals surface area contributed by atoms with Gasteiger partial charge < -0.3 is 14.2 Å². The van der Waals surface area contributed by atoms with Crippen LogP contribution >= 0.6 is 0 Å². The van der Waals surface area contributed by atoms with Crippen LogP contribution in [0.2, 0.25) is 0 Å². The summed E-state index contributed by atoms with van der Waals surface area (Å²) in [7, 11) is 3.48. The van der Waals surface area contributed by atoms with Gasteiger partial charge in [-0.2, -0.15) is 0 Å². The van der Waals surface area contributed by atoms with Crippen LogP contribution in [0, 0.1) is 17.3 Å². The first kappa shape index (κ1) is 18.0. The quantitative estimate of drug-likeness (QED) is 0.695. The molecule has 1 heterocycles. The van der Waals surface area contributed by atoms with Gasteiger partial charge in [0.05, 0.1) is 13.0 Å². The molecule has 29 heavy (non-hydrogen) atoms. The average molecular weight is 395 g/mol. The number of carbonyl (C=O) groups is 1. The van der Waals surface area contributed by atoms with Gasteiger partial charge in [0.15, 0.2) is 11.5 Å². The molecule has 6 atom stereocenters. The molecule has 7 rings (SSSR count). The highest BCUT2D eigenvalue weighted by Gasteiger charge is 2.78. The summed E-state index contributed by atoms with van der Waals surface area (Å²) in [5.41, 5.74) is 2.00. The molecule has 4 bridgehead atoms. The number of benzene rings is 1. The van der Waals surface area contributed by atoms with Crippen LogP contribution in [0.25, 0.3) is 0 Å². The minimum Gasteiger partial charge on any atom is -0.493 e. The van der Waals surface area contributed by atoms with Gasteiger partial charge in [0.25, 0.3) is 0 Å². The van der Waals surface area contributed by atoms with E-state index >= 15 is 0 Å². The number of methoxy groups -OCH3 is 2. The fourth-order valence-corrected chi connectivity index (χ4v) is 8.10. The highest BCUT2D eigenvalue weighted by molar-refractivity contribution is 5.84. The molecule has 2 fully saturated rings. The van der Waals surface area contributed by atoms with Crippen LogP contribution in [-0.2, 0) is 21.4 Å². The van der Waals surface area contributed by atoms with Crippen molar-refractivity contribution in [1.82, 2.24) is 0 Å². The van der Waals surface area contributed by atoms with E-state index in [1.807, 2.05) is 0 Å². The Labute approximate surface area is 172 Å². The predicted octanol–water partition coefficient (Wildman–Crippen LogP) is 4.38. The Kier molecular flexibility index (Phi) is 3.51. The topological polar surface area (TPSA) is 44.8 Å². The Morgan fingerprint density at radius 1 is 1.28 bits per heavy atom. The average Bonchev–Trinajstić information content (AvgIpc) is 3.10. The smallest absolute Gasteiger partial charge is 0.166 e. The van der Waals surface area contributed by atoms with Gasteiger partial charge in [0.1, 0.15) is 17.5 Å². The summed E-state index contributed by atoms with van der Waals surface area (Å²) >= 11 is 0. The zero-order chi connectivity index (χ0) is 20.0. The van der Waals surface area contributed by atoms with E-state index in [4.69, 9.17) is 14.2 Å². The van der Waals surface area contributed by atoms with Gasteiger partial charge in [-0.25, -0.2) is 0 Å². The van der Waals surface area contributed by atoms with Crippen molar-refractivity contribution in [2.45, 2.75) is 69.0 Å². The molecular weight excluding hydrogens is 364 g/mol. The van der Waals surface area contributed by atoms with Crippen molar-refractivity contribution in [1.29, 1.82) is 0 Å². The third-order valence-corrected chi connectivity index (χ3v) is 9.08. The Bertz CT molecular complexity index is 935. The van der Waals surface area contributed by atoms with E-state index < -0.39 is 5.60 Å². The predicted molar refractivity (Wildman–Crippen MR) is 109 cm³/mol. The number of allylic oxidation sites excluding steroid dienone is 1. The fraction of sp³-hybridized carbons (Fsp3) is 0.640. The Hall–Kier alpha value is -1.81. The molecule has 0 saturated heterocycles. The lowest BCUT2D eigenvalue weighted by Gasteiger charge is -2.69. The molecule has 1 aromatic rings. The van der Waals surface area contributed by atoms with Gasteiger partial charge in [0, 0.05) is 29.9 Å². The van der Waals surface area contributed by atoms with Crippen molar-refractivity contribution in [2.24, 2.45) is 17.3 Å². The summed E-state index contributed by atoms with van der Waals surface area (Å²) in [4.78, 5) is 13.3. The number of carbonyl (C=O) groups excluding carboxylic acids is 1. The molecule has 2 spiro atoms. The van der Waals surface area contributed by atoms with E-state index in [0.717, 1.165) is 37.2 Å². The van der Waals surface area contributed by atoms with E-state index in [-0.39, 0.29) is 22.9 Å². The SMILES string of the molecule is CCCC(=O)[C@H]1C[C@@]23C=C[C@]1(OC)[C@@H]1Oc4c(OC)ccc5c4[C@@]12CCC[C@@H]3C5. The van der Waals surface area contributed by atoms with Gasteiger partial charge in [0.2, 0.25) is 0 Å². The first-order chi connectivity index (χ1) is 14.1. The van der Waals surface area contributed by atoms with Crippen LogP contribution in [0.1, 0.15) is 56.6 Å². The van der Waals surface area contributed by atoms with Gasteiger partial charge in [-0.1, -0.05) is 31.6 Å². The Balaban J connectivity index is 1.64. The maximum Gasteiger partial charge on any atom is 0.166 e. The van der Waals surface area contributed by atoms with Crippen molar-refractivity contribution < 1.29 is 19.0 Å². The minimum absolute atomic E-state index is 0.00508. The van der Waals surface area contributed by atoms with Crippen molar-refractivity contribution >= 4 is 5.78 Å². The second kappa shape index (κ2) is 5.66. The van der Waals surface area contributed by atoms with E-state index in [1.54, 1.807) is 14.2 Å². The van der Waals surface area contributed by atoms with Crippen LogP contribution in [0.4, 0.5) is 0 Å². The van der Waals surface area contributed by atoms with Crippen LogP contribution < -0.4 is 9.47 Å². The van der Waals surface area contributed by atoms with Gasteiger partial charge in [-0.05, 0) is 49.7 Å². The van der Waals surface area contributed by atoms with Gasteiger partial charge >= 0.3 is 0 Å². The molecule has 154 valence electrons. The first-order valence-corrected chi connectivity index (χ1v) is 11.2.